The van der Waals surface area contributed by atoms with E-state index in [1.165, 1.54) is 30.6 Å². The van der Waals surface area contributed by atoms with Crippen molar-refractivity contribution in [2.75, 3.05) is 47.3 Å². The van der Waals surface area contributed by atoms with Gasteiger partial charge in [0, 0.05) is 6.04 Å². The van der Waals surface area contributed by atoms with Crippen LogP contribution in [0.25, 0.3) is 0 Å². The van der Waals surface area contributed by atoms with Crippen molar-refractivity contribution in [3.05, 3.63) is 35.4 Å². The minimum atomic E-state index is 0.452. The van der Waals surface area contributed by atoms with E-state index < -0.39 is 0 Å². The third kappa shape index (κ3) is 7.07. The number of aryl methyl sites for hydroxylation is 1. The lowest BCUT2D eigenvalue weighted by Crippen LogP contribution is -2.30. The lowest BCUT2D eigenvalue weighted by atomic mass is 10.0. The predicted octanol–water partition coefficient (Wildman–Crippen LogP) is 2.92. The summed E-state index contributed by atoms with van der Waals surface area (Å²) in [6.45, 7) is 9.08. The van der Waals surface area contributed by atoms with Gasteiger partial charge in [-0.1, -0.05) is 36.8 Å². The van der Waals surface area contributed by atoms with Crippen LogP contribution < -0.4 is 5.32 Å². The number of hydrogen-bond donors (Lipinski definition) is 1. The molecule has 0 aliphatic rings. The summed E-state index contributed by atoms with van der Waals surface area (Å²) in [7, 11) is 6.35. The Labute approximate surface area is 131 Å². The lowest BCUT2D eigenvalue weighted by Gasteiger charge is -2.25. The number of rotatable bonds is 10. The molecular weight excluding hydrogens is 258 g/mol. The SMILES string of the molecule is CCN(CCCN(C)C)CCC(NC)c1cccc(C)c1. The fraction of sp³-hybridized carbons (Fsp3) is 0.667. The number of benzene rings is 1. The Balaban J connectivity index is 2.45. The van der Waals surface area contributed by atoms with Crippen molar-refractivity contribution in [3.63, 3.8) is 0 Å². The van der Waals surface area contributed by atoms with Gasteiger partial charge in [-0.25, -0.2) is 0 Å². The van der Waals surface area contributed by atoms with Gasteiger partial charge in [-0.05, 0) is 72.7 Å². The molecule has 1 N–H and O–H groups in total. The molecular formula is C18H33N3. The van der Waals surface area contributed by atoms with Gasteiger partial charge in [0.2, 0.25) is 0 Å². The third-order valence-electron chi connectivity index (χ3n) is 4.05. The molecule has 0 radical (unpaired) electrons. The Hall–Kier alpha value is -0.900. The second-order valence-electron chi connectivity index (χ2n) is 6.14. The van der Waals surface area contributed by atoms with Crippen LogP contribution in [-0.4, -0.2) is 57.1 Å². The summed E-state index contributed by atoms with van der Waals surface area (Å²) >= 11 is 0. The average molecular weight is 291 g/mol. The molecule has 0 saturated heterocycles. The Kier molecular flexibility index (Phi) is 8.58. The number of nitrogens with one attached hydrogen (secondary N) is 1. The van der Waals surface area contributed by atoms with Crippen molar-refractivity contribution in [2.24, 2.45) is 0 Å². The van der Waals surface area contributed by atoms with Gasteiger partial charge in [0.25, 0.3) is 0 Å². The van der Waals surface area contributed by atoms with E-state index in [2.05, 4.69) is 74.4 Å². The van der Waals surface area contributed by atoms with Crippen molar-refractivity contribution in [3.8, 4) is 0 Å². The van der Waals surface area contributed by atoms with Gasteiger partial charge in [-0.3, -0.25) is 0 Å². The van der Waals surface area contributed by atoms with Gasteiger partial charge in [0.15, 0.2) is 0 Å². The van der Waals surface area contributed by atoms with Crippen molar-refractivity contribution < 1.29 is 0 Å². The second-order valence-corrected chi connectivity index (χ2v) is 6.14. The fourth-order valence-corrected chi connectivity index (χ4v) is 2.71. The summed E-state index contributed by atoms with van der Waals surface area (Å²) in [4.78, 5) is 4.82. The minimum absolute atomic E-state index is 0.452. The first-order chi connectivity index (χ1) is 10.1. The van der Waals surface area contributed by atoms with Crippen LogP contribution in [0.15, 0.2) is 24.3 Å². The standard InChI is InChI=1S/C18H33N3/c1-6-21(13-8-12-20(4)5)14-11-18(19-3)17-10-7-9-16(2)15-17/h7,9-10,15,18-19H,6,8,11-14H2,1-5H3. The molecule has 0 heterocycles. The maximum atomic E-state index is 3.46. The van der Waals surface area contributed by atoms with Crippen LogP contribution in [0, 0.1) is 6.92 Å². The van der Waals surface area contributed by atoms with Crippen LogP contribution in [0.1, 0.15) is 36.9 Å². The lowest BCUT2D eigenvalue weighted by molar-refractivity contribution is 0.253. The van der Waals surface area contributed by atoms with Crippen molar-refractivity contribution in [1.29, 1.82) is 0 Å². The van der Waals surface area contributed by atoms with Crippen molar-refractivity contribution in [1.82, 2.24) is 15.1 Å². The summed E-state index contributed by atoms with van der Waals surface area (Å²) in [6.07, 6.45) is 2.41. The molecule has 0 aromatic heterocycles. The highest BCUT2D eigenvalue weighted by molar-refractivity contribution is 5.25. The van der Waals surface area contributed by atoms with Crippen LogP contribution in [0.4, 0.5) is 0 Å². The number of nitrogens with zero attached hydrogens (tertiary/aromatic N) is 2. The van der Waals surface area contributed by atoms with E-state index in [1.54, 1.807) is 0 Å². The first-order valence-corrected chi connectivity index (χ1v) is 8.17. The molecule has 1 unspecified atom stereocenters. The predicted molar refractivity (Wildman–Crippen MR) is 92.9 cm³/mol. The van der Waals surface area contributed by atoms with Crippen LogP contribution in [-0.2, 0) is 0 Å². The first kappa shape index (κ1) is 18.1. The molecule has 0 aliphatic heterocycles. The van der Waals surface area contributed by atoms with E-state index in [4.69, 9.17) is 0 Å². The van der Waals surface area contributed by atoms with Crippen LogP contribution in [0.5, 0.6) is 0 Å². The Bertz CT molecular complexity index is 390. The molecule has 120 valence electrons. The van der Waals surface area contributed by atoms with Gasteiger partial charge in [0.05, 0.1) is 0 Å². The molecule has 0 spiro atoms. The van der Waals surface area contributed by atoms with Crippen LogP contribution in [0.3, 0.4) is 0 Å². The molecule has 3 heteroatoms. The molecule has 1 aromatic carbocycles. The highest BCUT2D eigenvalue weighted by atomic mass is 15.1. The van der Waals surface area contributed by atoms with Gasteiger partial charge in [0.1, 0.15) is 0 Å². The maximum absolute atomic E-state index is 3.46. The Morgan fingerprint density at radius 2 is 1.90 bits per heavy atom. The van der Waals surface area contributed by atoms with E-state index in [1.807, 2.05) is 0 Å². The van der Waals surface area contributed by atoms with Crippen molar-refractivity contribution in [2.45, 2.75) is 32.7 Å². The molecule has 0 bridgehead atoms. The van der Waals surface area contributed by atoms with E-state index in [0.29, 0.717) is 6.04 Å². The molecule has 1 atom stereocenters. The highest BCUT2D eigenvalue weighted by Gasteiger charge is 2.11. The summed E-state index contributed by atoms with van der Waals surface area (Å²) in [5.41, 5.74) is 2.74. The molecule has 0 aliphatic carbocycles. The van der Waals surface area contributed by atoms with E-state index in [-0.39, 0.29) is 0 Å². The van der Waals surface area contributed by atoms with E-state index in [9.17, 15) is 0 Å². The average Bonchev–Trinajstić information content (AvgIpc) is 2.45. The Morgan fingerprint density at radius 1 is 1.14 bits per heavy atom. The summed E-state index contributed by atoms with van der Waals surface area (Å²) in [5.74, 6) is 0. The van der Waals surface area contributed by atoms with Gasteiger partial charge in [-0.2, -0.15) is 0 Å². The fourth-order valence-electron chi connectivity index (χ4n) is 2.71. The summed E-state index contributed by atoms with van der Waals surface area (Å²) < 4.78 is 0. The minimum Gasteiger partial charge on any atom is -0.313 e. The van der Waals surface area contributed by atoms with E-state index in [0.717, 1.165) is 19.5 Å². The maximum Gasteiger partial charge on any atom is 0.0329 e. The molecule has 0 saturated carbocycles. The van der Waals surface area contributed by atoms with Gasteiger partial charge >= 0.3 is 0 Å². The normalized spacial score (nSPS) is 13.1. The van der Waals surface area contributed by atoms with Crippen LogP contribution in [0.2, 0.25) is 0 Å². The summed E-state index contributed by atoms with van der Waals surface area (Å²) in [5, 5.41) is 3.46. The first-order valence-electron chi connectivity index (χ1n) is 8.17. The van der Waals surface area contributed by atoms with Gasteiger partial charge in [-0.15, -0.1) is 0 Å². The van der Waals surface area contributed by atoms with Crippen molar-refractivity contribution >= 4 is 0 Å². The zero-order valence-electron chi connectivity index (χ0n) is 14.5. The van der Waals surface area contributed by atoms with Crippen LogP contribution >= 0.6 is 0 Å². The third-order valence-corrected chi connectivity index (χ3v) is 4.05. The second kappa shape index (κ2) is 9.93. The quantitative estimate of drug-likeness (QED) is 0.715. The van der Waals surface area contributed by atoms with Gasteiger partial charge < -0.3 is 15.1 Å². The molecule has 1 rings (SSSR count). The molecule has 3 nitrogen and oxygen atoms in total. The monoisotopic (exact) mass is 291 g/mol. The zero-order valence-corrected chi connectivity index (χ0v) is 14.5. The highest BCUT2D eigenvalue weighted by Crippen LogP contribution is 2.18. The Morgan fingerprint density at radius 3 is 2.48 bits per heavy atom. The molecule has 1 aromatic rings. The molecule has 0 amide bonds. The molecule has 0 fully saturated rings. The topological polar surface area (TPSA) is 18.5 Å². The number of hydrogen-bond acceptors (Lipinski definition) is 3. The van der Waals surface area contributed by atoms with E-state index >= 15 is 0 Å². The molecule has 21 heavy (non-hydrogen) atoms. The zero-order chi connectivity index (χ0) is 15.7. The summed E-state index contributed by atoms with van der Waals surface area (Å²) in [6, 6.07) is 9.30. The largest absolute Gasteiger partial charge is 0.313 e. The smallest absolute Gasteiger partial charge is 0.0329 e.